The number of nitrogens with zero attached hydrogens (tertiary/aromatic N) is 2. The molecule has 2 saturated carbocycles. The summed E-state index contributed by atoms with van der Waals surface area (Å²) >= 11 is 0. The third kappa shape index (κ3) is 2.46. The van der Waals surface area contributed by atoms with Crippen molar-refractivity contribution in [1.82, 2.24) is 15.1 Å². The number of fused-ring (bicyclic) bond motifs is 3. The number of hydrogen-bond acceptors (Lipinski definition) is 5. The monoisotopic (exact) mass is 434 g/mol. The van der Waals surface area contributed by atoms with E-state index in [9.17, 15) is 13.2 Å². The fourth-order valence-electron chi connectivity index (χ4n) is 6.42. The number of aromatic nitrogens is 2. The van der Waals surface area contributed by atoms with Crippen LogP contribution < -0.4 is 20.1 Å². The quantitative estimate of drug-likeness (QED) is 0.769. The van der Waals surface area contributed by atoms with E-state index in [1.165, 1.54) is 18.9 Å². The Morgan fingerprint density at radius 2 is 1.90 bits per heavy atom. The molecule has 4 aliphatic rings. The van der Waals surface area contributed by atoms with Gasteiger partial charge in [0.25, 0.3) is 0 Å². The first-order valence-corrected chi connectivity index (χ1v) is 10.7. The summed E-state index contributed by atoms with van der Waals surface area (Å²) in [5.41, 5.74) is 1.54. The summed E-state index contributed by atoms with van der Waals surface area (Å²) in [5.74, 6) is 3.06. The van der Waals surface area contributed by atoms with Crippen molar-refractivity contribution >= 4 is 5.82 Å². The normalized spacial score (nSPS) is 37.4. The van der Waals surface area contributed by atoms with Crippen molar-refractivity contribution in [2.75, 3.05) is 26.1 Å². The largest absolute Gasteiger partial charge is 0.493 e. The van der Waals surface area contributed by atoms with Crippen molar-refractivity contribution in [3.8, 4) is 11.5 Å². The van der Waals surface area contributed by atoms with Crippen LogP contribution in [0.3, 0.4) is 0 Å². The molecule has 0 amide bonds. The molecular weight excluding hydrogens is 409 g/mol. The molecule has 7 atom stereocenters. The Morgan fingerprint density at radius 3 is 2.55 bits per heavy atom. The Labute approximate surface area is 178 Å². The second kappa shape index (κ2) is 6.09. The topological polar surface area (TPSA) is 60.3 Å². The van der Waals surface area contributed by atoms with Crippen molar-refractivity contribution in [3.05, 3.63) is 35.5 Å². The van der Waals surface area contributed by atoms with Crippen molar-refractivity contribution < 1.29 is 22.6 Å². The van der Waals surface area contributed by atoms with Gasteiger partial charge in [0.2, 0.25) is 0 Å². The maximum Gasteiger partial charge on any atom is 0.410 e. The van der Waals surface area contributed by atoms with Gasteiger partial charge in [-0.05, 0) is 48.9 Å². The number of methoxy groups -OCH3 is 2. The van der Waals surface area contributed by atoms with Gasteiger partial charge in [-0.2, -0.15) is 18.3 Å². The Kier molecular flexibility index (Phi) is 3.79. The highest BCUT2D eigenvalue weighted by atomic mass is 19.4. The number of benzene rings is 1. The fourth-order valence-corrected chi connectivity index (χ4v) is 6.42. The molecule has 1 aromatic heterocycles. The molecule has 6 rings (SSSR count). The number of rotatable bonds is 4. The summed E-state index contributed by atoms with van der Waals surface area (Å²) in [4.78, 5) is 0. The minimum Gasteiger partial charge on any atom is -0.493 e. The third-order valence-electron chi connectivity index (χ3n) is 7.96. The molecule has 1 saturated heterocycles. The van der Waals surface area contributed by atoms with Gasteiger partial charge in [-0.15, -0.1) is 0 Å². The zero-order valence-corrected chi connectivity index (χ0v) is 17.5. The van der Waals surface area contributed by atoms with E-state index in [1.807, 2.05) is 6.07 Å². The van der Waals surface area contributed by atoms with E-state index < -0.39 is 18.3 Å². The molecule has 0 bridgehead atoms. The lowest BCUT2D eigenvalue weighted by atomic mass is 9.85. The first-order chi connectivity index (χ1) is 14.8. The minimum absolute atomic E-state index is 0.00827. The number of anilines is 1. The van der Waals surface area contributed by atoms with Gasteiger partial charge in [0.1, 0.15) is 5.82 Å². The number of alkyl halides is 3. The molecule has 2 aliphatic heterocycles. The van der Waals surface area contributed by atoms with E-state index >= 15 is 0 Å². The Morgan fingerprint density at radius 1 is 1.13 bits per heavy atom. The molecule has 6 nitrogen and oxygen atoms in total. The van der Waals surface area contributed by atoms with Gasteiger partial charge >= 0.3 is 6.18 Å². The lowest BCUT2D eigenvalue weighted by Gasteiger charge is -2.33. The minimum atomic E-state index is -4.39. The summed E-state index contributed by atoms with van der Waals surface area (Å²) < 4.78 is 53.9. The molecule has 0 spiro atoms. The van der Waals surface area contributed by atoms with Gasteiger partial charge in [0.15, 0.2) is 17.5 Å². The molecule has 2 N–H and O–H groups in total. The van der Waals surface area contributed by atoms with Crippen molar-refractivity contribution in [3.63, 3.8) is 0 Å². The van der Waals surface area contributed by atoms with Crippen LogP contribution in [0.15, 0.2) is 24.3 Å². The van der Waals surface area contributed by atoms with E-state index in [1.54, 1.807) is 18.2 Å². The number of hydrogen-bond donors (Lipinski definition) is 2. The third-order valence-corrected chi connectivity index (χ3v) is 7.96. The Balaban J connectivity index is 1.36. The predicted molar refractivity (Wildman–Crippen MR) is 107 cm³/mol. The van der Waals surface area contributed by atoms with Crippen molar-refractivity contribution in [2.45, 2.75) is 43.1 Å². The average Bonchev–Trinajstić information content (AvgIpc) is 3.57. The lowest BCUT2D eigenvalue weighted by molar-refractivity contribution is -0.173. The van der Waals surface area contributed by atoms with E-state index in [-0.39, 0.29) is 11.8 Å². The Bertz CT molecular complexity index is 1050. The van der Waals surface area contributed by atoms with E-state index in [0.717, 1.165) is 17.8 Å². The van der Waals surface area contributed by atoms with Crippen LogP contribution in [0.4, 0.5) is 19.0 Å². The van der Waals surface area contributed by atoms with Crippen LogP contribution in [0.2, 0.25) is 0 Å². The molecule has 166 valence electrons. The van der Waals surface area contributed by atoms with Crippen molar-refractivity contribution in [2.24, 2.45) is 17.8 Å². The molecule has 3 fully saturated rings. The van der Waals surface area contributed by atoms with Crippen LogP contribution in [0.5, 0.6) is 11.5 Å². The standard InChI is InChI=1S/C22H25F3N4O2/c1-10-19-20-12(9-26-10)21(19,20)16-8-18-27-13(7-17(22(23,24)25)29(18)28-16)11-4-5-14(30-2)15(6-11)31-3/h4-6,8,10,12-13,17,19-20,26-27H,7,9H2,1-3H3/t10?,12?,13?,17?,19?,20-,21+/m0/s1. The number of piperidine rings is 2. The highest BCUT2D eigenvalue weighted by Gasteiger charge is 2.90. The molecule has 1 aromatic carbocycles. The van der Waals surface area contributed by atoms with Crippen molar-refractivity contribution in [1.29, 1.82) is 0 Å². The fraction of sp³-hybridized carbons (Fsp3) is 0.591. The summed E-state index contributed by atoms with van der Waals surface area (Å²) in [6, 6.07) is 5.33. The second-order valence-corrected chi connectivity index (χ2v) is 9.25. The van der Waals surface area contributed by atoms with E-state index in [0.29, 0.717) is 41.1 Å². The van der Waals surface area contributed by atoms with Crippen LogP contribution in [0.25, 0.3) is 0 Å². The maximum absolute atomic E-state index is 14.1. The molecule has 5 unspecified atom stereocenters. The SMILES string of the molecule is COc1ccc(C2CC(C(F)(F)F)n3nc([C@]45C6CNC(C)C4[C@H]65)cc3N2)cc1OC. The van der Waals surface area contributed by atoms with Crippen LogP contribution in [-0.4, -0.2) is 42.8 Å². The molecule has 9 heteroatoms. The number of halogens is 3. The first kappa shape index (κ1) is 19.3. The highest BCUT2D eigenvalue weighted by Crippen LogP contribution is 2.85. The van der Waals surface area contributed by atoms with Gasteiger partial charge in [0.05, 0.1) is 26.0 Å². The Hall–Kier alpha value is -2.42. The van der Waals surface area contributed by atoms with Crippen LogP contribution in [0, 0.1) is 17.8 Å². The molecule has 31 heavy (non-hydrogen) atoms. The summed E-state index contributed by atoms with van der Waals surface area (Å²) in [7, 11) is 3.05. The van der Waals surface area contributed by atoms with Gasteiger partial charge in [-0.3, -0.25) is 0 Å². The average molecular weight is 434 g/mol. The van der Waals surface area contributed by atoms with E-state index in [2.05, 4.69) is 22.7 Å². The first-order valence-electron chi connectivity index (χ1n) is 10.7. The number of nitrogens with one attached hydrogen (secondary N) is 2. The summed E-state index contributed by atoms with van der Waals surface area (Å²) in [5, 5.41) is 11.3. The van der Waals surface area contributed by atoms with Gasteiger partial charge in [-0.1, -0.05) is 6.07 Å². The zero-order valence-electron chi connectivity index (χ0n) is 17.5. The smallest absolute Gasteiger partial charge is 0.410 e. The summed E-state index contributed by atoms with van der Waals surface area (Å²) in [6.07, 6.45) is -4.52. The van der Waals surface area contributed by atoms with Gasteiger partial charge < -0.3 is 20.1 Å². The molecule has 0 radical (unpaired) electrons. The van der Waals surface area contributed by atoms with Gasteiger partial charge in [0, 0.05) is 23.9 Å². The molecule has 2 aromatic rings. The molecular formula is C22H25F3N4O2. The maximum atomic E-state index is 14.1. The zero-order chi connectivity index (χ0) is 21.7. The van der Waals surface area contributed by atoms with Gasteiger partial charge in [-0.25, -0.2) is 4.68 Å². The van der Waals surface area contributed by atoms with Crippen LogP contribution in [-0.2, 0) is 5.41 Å². The summed E-state index contributed by atoms with van der Waals surface area (Å²) in [6.45, 7) is 3.09. The van der Waals surface area contributed by atoms with Crippen LogP contribution >= 0.6 is 0 Å². The molecule has 3 heterocycles. The lowest BCUT2D eigenvalue weighted by Crippen LogP contribution is -2.45. The second-order valence-electron chi connectivity index (χ2n) is 9.25. The predicted octanol–water partition coefficient (Wildman–Crippen LogP) is 3.67. The molecule has 2 aliphatic carbocycles. The van der Waals surface area contributed by atoms with E-state index in [4.69, 9.17) is 9.47 Å². The van der Waals surface area contributed by atoms with Crippen LogP contribution in [0.1, 0.15) is 36.7 Å². The highest BCUT2D eigenvalue weighted by molar-refractivity contribution is 5.56. The number of ether oxygens (including phenoxy) is 2.